The van der Waals surface area contributed by atoms with Crippen molar-refractivity contribution in [2.75, 3.05) is 49.8 Å². The van der Waals surface area contributed by atoms with E-state index in [1.807, 2.05) is 85.8 Å². The summed E-state index contributed by atoms with van der Waals surface area (Å²) in [5.41, 5.74) is 13.3. The number of methoxy groups -OCH3 is 7. The molecule has 0 amide bonds. The SMILES string of the molecule is COc1cc2c(cc1OC)-c1nc(C#N)c(C#N)nc1C2=O.COc1ccc(OC)c2c1Cc1nc(C#N)c(C#N)nc1-2.COc1ccc2c(c1)-c1nc(C#N)c(C#N)nc1C2=O.COc1ccc2c(c1OC)Cc1nc(C#N)c(C#N)nc1-2.Cc1ccc2c(c1)-c1nc(C#N)c(C#N)nc1C2. The maximum atomic E-state index is 12.4. The van der Waals surface area contributed by atoms with E-state index >= 15 is 0 Å². The van der Waals surface area contributed by atoms with Gasteiger partial charge in [-0.05, 0) is 73.2 Å². The maximum Gasteiger partial charge on any atom is 0.214 e. The number of aromatic nitrogens is 10. The molecule has 0 saturated heterocycles. The van der Waals surface area contributed by atoms with Crippen LogP contribution in [-0.2, 0) is 19.3 Å². The Morgan fingerprint density at radius 2 is 0.686 bits per heavy atom. The van der Waals surface area contributed by atoms with E-state index in [0.29, 0.717) is 110 Å². The first-order chi connectivity index (χ1) is 49.5. The van der Waals surface area contributed by atoms with Crippen LogP contribution in [0.4, 0.5) is 0 Å². The van der Waals surface area contributed by atoms with Crippen molar-refractivity contribution in [1.82, 2.24) is 49.8 Å². The van der Waals surface area contributed by atoms with E-state index in [0.717, 1.165) is 50.3 Å². The van der Waals surface area contributed by atoms with Gasteiger partial charge in [-0.15, -0.1) is 0 Å². The number of carbonyl (C=O) groups is 2. The summed E-state index contributed by atoms with van der Waals surface area (Å²) in [5.74, 6) is 3.38. The summed E-state index contributed by atoms with van der Waals surface area (Å²) in [6.45, 7) is 2.01. The van der Waals surface area contributed by atoms with Crippen LogP contribution in [-0.4, -0.2) is 111 Å². The molecule has 15 rings (SSSR count). The van der Waals surface area contributed by atoms with Crippen molar-refractivity contribution in [3.63, 3.8) is 0 Å². The van der Waals surface area contributed by atoms with Gasteiger partial charge in [0.2, 0.25) is 11.6 Å². The van der Waals surface area contributed by atoms with Crippen LogP contribution in [0.3, 0.4) is 0 Å². The molecule has 0 spiro atoms. The molecule has 5 aromatic carbocycles. The van der Waals surface area contributed by atoms with Crippen LogP contribution in [0.25, 0.3) is 56.3 Å². The molecule has 5 aliphatic rings. The smallest absolute Gasteiger partial charge is 0.214 e. The van der Waals surface area contributed by atoms with Crippen LogP contribution in [0.5, 0.6) is 40.2 Å². The number of hydrogen-bond donors (Lipinski definition) is 0. The van der Waals surface area contributed by atoms with Crippen molar-refractivity contribution in [3.8, 4) is 157 Å². The summed E-state index contributed by atoms with van der Waals surface area (Å²) in [6.07, 6.45) is 1.68. The number of carbonyl (C=O) groups excluding carboxylic acids is 2. The quantitative estimate of drug-likeness (QED) is 0.144. The molecule has 0 aliphatic heterocycles. The van der Waals surface area contributed by atoms with Gasteiger partial charge >= 0.3 is 0 Å². The first kappa shape index (κ1) is 67.7. The molecular weight excluding hydrogens is 1300 g/mol. The number of nitriles is 10. The van der Waals surface area contributed by atoms with Crippen LogP contribution >= 0.6 is 0 Å². The second-order valence-corrected chi connectivity index (χ2v) is 21.7. The van der Waals surface area contributed by atoms with Crippen molar-refractivity contribution in [3.05, 3.63) is 192 Å². The van der Waals surface area contributed by atoms with Gasteiger partial charge in [0.05, 0.1) is 89.5 Å². The van der Waals surface area contributed by atoms with E-state index < -0.39 is 0 Å². The van der Waals surface area contributed by atoms with Crippen LogP contribution in [0, 0.1) is 120 Å². The number of ether oxygens (including phenoxy) is 7. The normalized spacial score (nSPS) is 11.2. The second kappa shape index (κ2) is 28.3. The lowest BCUT2D eigenvalue weighted by molar-refractivity contribution is 0.103. The third-order valence-corrected chi connectivity index (χ3v) is 16.3. The highest BCUT2D eigenvalue weighted by Gasteiger charge is 2.36. The van der Waals surface area contributed by atoms with Crippen LogP contribution in [0.2, 0.25) is 0 Å². The first-order valence-corrected chi connectivity index (χ1v) is 29.7. The van der Waals surface area contributed by atoms with E-state index in [4.69, 9.17) is 85.8 Å². The summed E-state index contributed by atoms with van der Waals surface area (Å²) in [7, 11) is 10.8. The lowest BCUT2D eigenvalue weighted by atomic mass is 10.1. The fourth-order valence-corrected chi connectivity index (χ4v) is 11.7. The molecule has 0 saturated carbocycles. The van der Waals surface area contributed by atoms with Gasteiger partial charge in [0.15, 0.2) is 79.9 Å². The molecule has 0 N–H and O–H groups in total. The predicted molar refractivity (Wildman–Crippen MR) is 350 cm³/mol. The Kier molecular flexibility index (Phi) is 18.8. The Morgan fingerprint density at radius 3 is 1.17 bits per heavy atom. The Morgan fingerprint density at radius 1 is 0.304 bits per heavy atom. The van der Waals surface area contributed by atoms with Gasteiger partial charge in [0, 0.05) is 63.8 Å². The molecule has 488 valence electrons. The number of benzene rings is 5. The third kappa shape index (κ3) is 11.8. The third-order valence-electron chi connectivity index (χ3n) is 16.3. The Hall–Kier alpha value is -15.7. The molecule has 0 unspecified atom stereocenters. The van der Waals surface area contributed by atoms with Crippen molar-refractivity contribution >= 4 is 11.6 Å². The molecule has 0 bridgehead atoms. The number of fused-ring (bicyclic) bond motifs is 15. The molecule has 0 fully saturated rings. The largest absolute Gasteiger partial charge is 0.497 e. The first-order valence-electron chi connectivity index (χ1n) is 29.7. The zero-order chi connectivity index (χ0) is 72.8. The molecular formula is C73H42N20O9. The Balaban J connectivity index is 0.000000128. The van der Waals surface area contributed by atoms with Crippen molar-refractivity contribution in [2.24, 2.45) is 0 Å². The van der Waals surface area contributed by atoms with E-state index in [9.17, 15) is 9.59 Å². The standard InChI is InChI=1S/C15H8N4O3.2C15H10N4O2.C14H6N4O2.C14H8N4/c1-21-11-3-7-8(4-12(11)22-2)15(20)14-13(7)18-9(5-16)10(6-17)19-14;1-20-12-3-4-13(21-2)14-8(12)5-9-15(14)19-11(7-17)10(6-16)18-9;1-20-13-4-3-8-9(15(13)21-2)5-10-14(8)19-12(7-17)11(6-16)18-10;1-20-7-2-3-8-9(4-7)12-13(14(8)19)18-11(6-16)10(5-15)17-12;1-8-2-3-9-5-11-14(10(9)4-8)18-13(7-16)12(6-15)17-11/h3-4H,1-2H3;2*3-4H,5H2,1-2H3;2-4H,1H3;2-4H,5H2,1H3. The molecule has 5 heterocycles. The van der Waals surface area contributed by atoms with Crippen LogP contribution in [0.1, 0.15) is 128 Å². The lowest BCUT2D eigenvalue weighted by Crippen LogP contribution is -2.04. The minimum absolute atomic E-state index is 0.0222. The molecule has 29 heteroatoms. The summed E-state index contributed by atoms with van der Waals surface area (Å²) in [5, 5.41) is 90.1. The van der Waals surface area contributed by atoms with Crippen molar-refractivity contribution in [2.45, 2.75) is 26.2 Å². The van der Waals surface area contributed by atoms with E-state index in [1.54, 1.807) is 77.0 Å². The Labute approximate surface area is 579 Å². The number of aryl methyl sites for hydroxylation is 1. The number of rotatable bonds is 7. The zero-order valence-corrected chi connectivity index (χ0v) is 54.7. The van der Waals surface area contributed by atoms with Gasteiger partial charge in [-0.1, -0.05) is 17.7 Å². The summed E-state index contributed by atoms with van der Waals surface area (Å²) in [4.78, 5) is 66.3. The summed E-state index contributed by atoms with van der Waals surface area (Å²) >= 11 is 0. The van der Waals surface area contributed by atoms with Gasteiger partial charge in [-0.2, -0.15) is 52.6 Å². The molecule has 10 aromatic rings. The summed E-state index contributed by atoms with van der Waals surface area (Å²) < 4.78 is 36.9. The van der Waals surface area contributed by atoms with Crippen molar-refractivity contribution in [1.29, 1.82) is 52.6 Å². The van der Waals surface area contributed by atoms with Gasteiger partial charge < -0.3 is 33.2 Å². The second-order valence-electron chi connectivity index (χ2n) is 21.7. The van der Waals surface area contributed by atoms with Gasteiger partial charge in [0.1, 0.15) is 101 Å². The van der Waals surface area contributed by atoms with Gasteiger partial charge in [-0.25, -0.2) is 49.8 Å². The molecule has 102 heavy (non-hydrogen) atoms. The van der Waals surface area contributed by atoms with E-state index in [1.165, 1.54) is 27.4 Å². The highest BCUT2D eigenvalue weighted by atomic mass is 16.5. The van der Waals surface area contributed by atoms with E-state index in [2.05, 4.69) is 49.8 Å². The Bertz CT molecular complexity index is 5800. The average Bonchev–Trinajstić information content (AvgIpc) is 1.63. The minimum Gasteiger partial charge on any atom is -0.497 e. The van der Waals surface area contributed by atoms with Gasteiger partial charge in [0.25, 0.3) is 0 Å². The molecule has 0 atom stereocenters. The topological polar surface area (TPSA) is 466 Å². The fourth-order valence-electron chi connectivity index (χ4n) is 11.7. The fraction of sp³-hybridized carbons (Fsp3) is 0.151. The number of nitrogens with zero attached hydrogens (tertiary/aromatic N) is 20. The molecule has 29 nitrogen and oxygen atoms in total. The molecule has 5 aliphatic carbocycles. The van der Waals surface area contributed by atoms with E-state index in [-0.39, 0.29) is 85.6 Å². The average molecular weight is 1340 g/mol. The predicted octanol–water partition coefficient (Wildman–Crippen LogP) is 8.60. The lowest BCUT2D eigenvalue weighted by Gasteiger charge is -2.11. The van der Waals surface area contributed by atoms with Crippen LogP contribution in [0.15, 0.2) is 72.8 Å². The highest BCUT2D eigenvalue weighted by Crippen LogP contribution is 2.47. The highest BCUT2D eigenvalue weighted by molar-refractivity contribution is 6.21. The molecule has 0 radical (unpaired) electrons. The number of hydrogen-bond acceptors (Lipinski definition) is 29. The molecule has 5 aromatic heterocycles. The summed E-state index contributed by atoms with van der Waals surface area (Å²) in [6, 6.07) is 40.1. The zero-order valence-electron chi connectivity index (χ0n) is 54.7. The maximum absolute atomic E-state index is 12.4. The van der Waals surface area contributed by atoms with Crippen LogP contribution < -0.4 is 33.2 Å². The minimum atomic E-state index is -0.362. The number of ketones is 2. The van der Waals surface area contributed by atoms with Gasteiger partial charge in [-0.3, -0.25) is 9.59 Å². The monoisotopic (exact) mass is 1340 g/mol. The van der Waals surface area contributed by atoms with Crippen molar-refractivity contribution < 1.29 is 42.7 Å².